The summed E-state index contributed by atoms with van der Waals surface area (Å²) >= 11 is 1.57. The van der Waals surface area contributed by atoms with Crippen LogP contribution in [0.5, 0.6) is 0 Å². The molecule has 102 valence electrons. The van der Waals surface area contributed by atoms with Gasteiger partial charge in [0.2, 0.25) is 0 Å². The molecule has 0 radical (unpaired) electrons. The number of alkyl halides is 3. The topological polar surface area (TPSA) is 33.1 Å². The van der Waals surface area contributed by atoms with Crippen LogP contribution in [-0.4, -0.2) is 10.1 Å². The summed E-state index contributed by atoms with van der Waals surface area (Å²) in [6, 6.07) is 4.12. The maximum Gasteiger partial charge on any atom is 0.417 e. The molecule has 2 aromatic rings. The highest BCUT2D eigenvalue weighted by atomic mass is 32.1. The molecule has 0 aliphatic heterocycles. The molecule has 0 saturated carbocycles. The second kappa shape index (κ2) is 5.71. The van der Waals surface area contributed by atoms with Crippen LogP contribution in [0.3, 0.4) is 0 Å². The van der Waals surface area contributed by atoms with Crippen LogP contribution in [0.15, 0.2) is 35.2 Å². The monoisotopic (exact) mass is 287 g/mol. The van der Waals surface area contributed by atoms with E-state index in [4.69, 9.17) is 0 Å². The largest absolute Gasteiger partial charge is 0.417 e. The van der Waals surface area contributed by atoms with Crippen molar-refractivity contribution in [1.82, 2.24) is 4.98 Å². The zero-order chi connectivity index (χ0) is 13.9. The van der Waals surface area contributed by atoms with Gasteiger partial charge < -0.3 is 5.11 Å². The Kier molecular flexibility index (Phi) is 4.21. The molecule has 0 spiro atoms. The number of aliphatic hydroxyl groups is 1. The van der Waals surface area contributed by atoms with Crippen LogP contribution in [-0.2, 0) is 12.6 Å². The molecule has 2 aromatic heterocycles. The van der Waals surface area contributed by atoms with Gasteiger partial charge in [-0.15, -0.1) is 0 Å². The summed E-state index contributed by atoms with van der Waals surface area (Å²) in [4.78, 5) is 3.68. The Morgan fingerprint density at radius 1 is 1.26 bits per heavy atom. The third-order valence-corrected chi connectivity index (χ3v) is 3.47. The fourth-order valence-corrected chi connectivity index (χ4v) is 2.36. The number of rotatable bonds is 4. The van der Waals surface area contributed by atoms with E-state index in [2.05, 4.69) is 4.98 Å². The molecule has 6 heteroatoms. The number of pyridine rings is 1. The van der Waals surface area contributed by atoms with Crippen LogP contribution < -0.4 is 0 Å². The summed E-state index contributed by atoms with van der Waals surface area (Å²) in [6.45, 7) is 0. The van der Waals surface area contributed by atoms with Crippen LogP contribution in [0.4, 0.5) is 13.2 Å². The molecule has 0 fully saturated rings. The summed E-state index contributed by atoms with van der Waals surface area (Å²) in [5, 5.41) is 13.8. The first kappa shape index (κ1) is 14.0. The van der Waals surface area contributed by atoms with Crippen LogP contribution in [0.25, 0.3) is 0 Å². The third-order valence-electron chi connectivity index (χ3n) is 2.74. The Balaban J connectivity index is 1.97. The highest BCUT2D eigenvalue weighted by Crippen LogP contribution is 2.29. The van der Waals surface area contributed by atoms with Gasteiger partial charge in [-0.2, -0.15) is 24.5 Å². The van der Waals surface area contributed by atoms with Crippen LogP contribution in [0, 0.1) is 0 Å². The summed E-state index contributed by atoms with van der Waals surface area (Å²) in [5.74, 6) is 0. The standard InChI is InChI=1S/C13H12F3NOS/c14-13(15,16)10-2-3-11(17-7-10)12(18)4-1-9-5-6-19-8-9/h2-3,5-8,12,18H,1,4H2. The SMILES string of the molecule is OC(CCc1ccsc1)c1ccc(C(F)(F)F)cn1. The highest BCUT2D eigenvalue weighted by Gasteiger charge is 2.30. The first-order valence-electron chi connectivity index (χ1n) is 5.69. The molecule has 0 amide bonds. The summed E-state index contributed by atoms with van der Waals surface area (Å²) in [5.41, 5.74) is 0.570. The van der Waals surface area contributed by atoms with E-state index < -0.39 is 17.8 Å². The van der Waals surface area contributed by atoms with Crippen molar-refractivity contribution in [2.75, 3.05) is 0 Å². The van der Waals surface area contributed by atoms with Crippen molar-refractivity contribution in [3.63, 3.8) is 0 Å². The molecule has 0 saturated heterocycles. The molecular weight excluding hydrogens is 275 g/mol. The minimum absolute atomic E-state index is 0.267. The Labute approximate surface area is 112 Å². The molecule has 0 aliphatic carbocycles. The fraction of sp³-hybridized carbons (Fsp3) is 0.308. The van der Waals surface area contributed by atoms with Gasteiger partial charge in [0.25, 0.3) is 0 Å². The van der Waals surface area contributed by atoms with Crippen molar-refractivity contribution in [2.24, 2.45) is 0 Å². The van der Waals surface area contributed by atoms with E-state index in [1.165, 1.54) is 6.07 Å². The van der Waals surface area contributed by atoms with Gasteiger partial charge in [-0.1, -0.05) is 0 Å². The number of aliphatic hydroxyl groups excluding tert-OH is 1. The quantitative estimate of drug-likeness (QED) is 0.927. The highest BCUT2D eigenvalue weighted by molar-refractivity contribution is 7.07. The third kappa shape index (κ3) is 3.78. The predicted octanol–water partition coefficient (Wildman–Crippen LogP) is 3.83. The van der Waals surface area contributed by atoms with Crippen molar-refractivity contribution in [3.8, 4) is 0 Å². The predicted molar refractivity (Wildman–Crippen MR) is 66.8 cm³/mol. The van der Waals surface area contributed by atoms with Gasteiger partial charge in [0.15, 0.2) is 0 Å². The van der Waals surface area contributed by atoms with E-state index in [0.717, 1.165) is 17.8 Å². The molecule has 2 nitrogen and oxygen atoms in total. The van der Waals surface area contributed by atoms with Crippen molar-refractivity contribution in [1.29, 1.82) is 0 Å². The smallest absolute Gasteiger partial charge is 0.387 e. The van der Waals surface area contributed by atoms with Gasteiger partial charge in [-0.25, -0.2) is 0 Å². The lowest BCUT2D eigenvalue weighted by Gasteiger charge is -2.11. The van der Waals surface area contributed by atoms with Gasteiger partial charge in [-0.3, -0.25) is 4.98 Å². The summed E-state index contributed by atoms with van der Waals surface area (Å²) in [7, 11) is 0. The van der Waals surface area contributed by atoms with Gasteiger partial charge in [0.1, 0.15) is 0 Å². The second-order valence-electron chi connectivity index (χ2n) is 4.16. The first-order valence-corrected chi connectivity index (χ1v) is 6.63. The van der Waals surface area contributed by atoms with Gasteiger partial charge in [-0.05, 0) is 47.4 Å². The minimum Gasteiger partial charge on any atom is -0.387 e. The maximum atomic E-state index is 12.4. The number of nitrogens with zero attached hydrogens (tertiary/aromatic N) is 1. The van der Waals surface area contributed by atoms with Crippen LogP contribution in [0.1, 0.15) is 29.3 Å². The number of aryl methyl sites for hydroxylation is 1. The van der Waals surface area contributed by atoms with Crippen molar-refractivity contribution < 1.29 is 18.3 Å². The maximum absolute atomic E-state index is 12.4. The molecule has 2 rings (SSSR count). The van der Waals surface area contributed by atoms with E-state index in [1.807, 2.05) is 16.8 Å². The minimum atomic E-state index is -4.40. The molecule has 2 heterocycles. The Hall–Kier alpha value is -1.40. The number of hydrogen-bond acceptors (Lipinski definition) is 3. The first-order chi connectivity index (χ1) is 8.97. The Morgan fingerprint density at radius 2 is 2.05 bits per heavy atom. The normalized spacial score (nSPS) is 13.5. The lowest BCUT2D eigenvalue weighted by atomic mass is 10.1. The van der Waals surface area contributed by atoms with E-state index in [-0.39, 0.29) is 5.69 Å². The Morgan fingerprint density at radius 3 is 2.58 bits per heavy atom. The van der Waals surface area contributed by atoms with Crippen molar-refractivity contribution in [2.45, 2.75) is 25.1 Å². The molecule has 0 aliphatic rings. The van der Waals surface area contributed by atoms with Crippen LogP contribution >= 0.6 is 11.3 Å². The fourth-order valence-electron chi connectivity index (χ4n) is 1.66. The van der Waals surface area contributed by atoms with E-state index in [0.29, 0.717) is 12.8 Å². The second-order valence-corrected chi connectivity index (χ2v) is 4.94. The molecule has 1 atom stereocenters. The number of aromatic nitrogens is 1. The van der Waals surface area contributed by atoms with E-state index in [9.17, 15) is 18.3 Å². The summed E-state index contributed by atoms with van der Waals surface area (Å²) in [6.07, 6.45) is -3.37. The average Bonchev–Trinajstić information content (AvgIpc) is 2.88. The molecular formula is C13H12F3NOS. The molecule has 0 aromatic carbocycles. The van der Waals surface area contributed by atoms with Gasteiger partial charge in [0, 0.05) is 6.20 Å². The molecule has 1 unspecified atom stereocenters. The number of halogens is 3. The number of thiophene rings is 1. The zero-order valence-corrected chi connectivity index (χ0v) is 10.7. The van der Waals surface area contributed by atoms with E-state index >= 15 is 0 Å². The van der Waals surface area contributed by atoms with E-state index in [1.54, 1.807) is 11.3 Å². The number of hydrogen-bond donors (Lipinski definition) is 1. The van der Waals surface area contributed by atoms with Crippen LogP contribution in [0.2, 0.25) is 0 Å². The molecule has 19 heavy (non-hydrogen) atoms. The lowest BCUT2D eigenvalue weighted by Crippen LogP contribution is -2.08. The Bertz CT molecular complexity index is 508. The lowest BCUT2D eigenvalue weighted by molar-refractivity contribution is -0.137. The average molecular weight is 287 g/mol. The molecule has 1 N–H and O–H groups in total. The summed E-state index contributed by atoms with van der Waals surface area (Å²) < 4.78 is 37.1. The zero-order valence-electron chi connectivity index (χ0n) is 9.89. The van der Waals surface area contributed by atoms with Crippen molar-refractivity contribution >= 4 is 11.3 Å². The van der Waals surface area contributed by atoms with Gasteiger partial charge >= 0.3 is 6.18 Å². The van der Waals surface area contributed by atoms with Gasteiger partial charge in [0.05, 0.1) is 17.4 Å². The molecule has 0 bridgehead atoms. The van der Waals surface area contributed by atoms with Crippen molar-refractivity contribution in [3.05, 3.63) is 52.0 Å².